The molecule has 0 aliphatic carbocycles. The van der Waals surface area contributed by atoms with E-state index in [2.05, 4.69) is 29.3 Å². The lowest BCUT2D eigenvalue weighted by molar-refractivity contribution is 0.102. The van der Waals surface area contributed by atoms with Crippen LogP contribution in [0.4, 0.5) is 5.69 Å². The first kappa shape index (κ1) is 18.0. The molecule has 0 radical (unpaired) electrons. The maximum atomic E-state index is 12.5. The normalized spacial score (nSPS) is 15.1. The first-order valence-corrected chi connectivity index (χ1v) is 10.1. The molecule has 1 fully saturated rings. The number of hydrogen-bond donors (Lipinski definition) is 1. The second-order valence-corrected chi connectivity index (χ2v) is 7.72. The maximum Gasteiger partial charge on any atom is 0.255 e. The quantitative estimate of drug-likeness (QED) is 0.738. The minimum Gasteiger partial charge on any atom is -0.321 e. The molecule has 2 aromatic carbocycles. The fraction of sp³-hybridized carbons (Fsp3) is 0.381. The molecule has 1 aliphatic heterocycles. The van der Waals surface area contributed by atoms with Crippen molar-refractivity contribution in [2.45, 2.75) is 37.6 Å². The van der Waals surface area contributed by atoms with E-state index in [4.69, 9.17) is 0 Å². The van der Waals surface area contributed by atoms with Crippen LogP contribution >= 0.6 is 11.8 Å². The van der Waals surface area contributed by atoms with Crippen LogP contribution in [0.25, 0.3) is 0 Å². The van der Waals surface area contributed by atoms with Gasteiger partial charge in [-0.25, -0.2) is 0 Å². The lowest BCUT2D eigenvalue weighted by Crippen LogP contribution is -2.29. The number of thioether (sulfide) groups is 1. The summed E-state index contributed by atoms with van der Waals surface area (Å²) in [5.41, 5.74) is 2.87. The van der Waals surface area contributed by atoms with Gasteiger partial charge in [0.15, 0.2) is 0 Å². The van der Waals surface area contributed by atoms with Gasteiger partial charge >= 0.3 is 0 Å². The van der Waals surface area contributed by atoms with Crippen molar-refractivity contribution < 1.29 is 4.79 Å². The van der Waals surface area contributed by atoms with Gasteiger partial charge in [0, 0.05) is 17.0 Å². The number of amides is 1. The van der Waals surface area contributed by atoms with E-state index in [0.717, 1.165) is 22.9 Å². The number of benzene rings is 2. The summed E-state index contributed by atoms with van der Waals surface area (Å²) in [6, 6.07) is 16.0. The summed E-state index contributed by atoms with van der Waals surface area (Å²) in [7, 11) is 0. The summed E-state index contributed by atoms with van der Waals surface area (Å²) < 4.78 is 0. The molecule has 0 aromatic heterocycles. The molecule has 0 saturated carbocycles. The zero-order valence-corrected chi connectivity index (χ0v) is 15.6. The van der Waals surface area contributed by atoms with Crippen molar-refractivity contribution in [2.75, 3.05) is 24.2 Å². The Kier molecular flexibility index (Phi) is 6.54. The third kappa shape index (κ3) is 5.10. The number of hydrogen-bond acceptors (Lipinski definition) is 3. The Balaban J connectivity index is 1.62. The summed E-state index contributed by atoms with van der Waals surface area (Å²) in [5, 5.41) is 3.04. The molecule has 0 unspecified atom stereocenters. The molecule has 1 aliphatic rings. The lowest BCUT2D eigenvalue weighted by atomic mass is 10.1. The lowest BCUT2D eigenvalue weighted by Gasteiger charge is -2.26. The van der Waals surface area contributed by atoms with E-state index < -0.39 is 0 Å². The number of likely N-dealkylation sites (tertiary alicyclic amines) is 1. The van der Waals surface area contributed by atoms with Crippen LogP contribution in [-0.4, -0.2) is 29.6 Å². The first-order valence-electron chi connectivity index (χ1n) is 9.10. The second kappa shape index (κ2) is 9.07. The predicted octanol–water partition coefficient (Wildman–Crippen LogP) is 5.04. The van der Waals surface area contributed by atoms with Gasteiger partial charge in [0.1, 0.15) is 0 Å². The van der Waals surface area contributed by atoms with Gasteiger partial charge in [0.05, 0.1) is 5.69 Å². The van der Waals surface area contributed by atoms with Gasteiger partial charge in [0.25, 0.3) is 5.91 Å². The second-order valence-electron chi connectivity index (χ2n) is 6.42. The summed E-state index contributed by atoms with van der Waals surface area (Å²) in [6.07, 6.45) is 3.96. The Bertz CT molecular complexity index is 693. The molecule has 1 N–H and O–H groups in total. The minimum atomic E-state index is -0.0475. The average Bonchev–Trinajstić information content (AvgIpc) is 2.65. The van der Waals surface area contributed by atoms with Crippen molar-refractivity contribution in [1.29, 1.82) is 0 Å². The smallest absolute Gasteiger partial charge is 0.255 e. The molecule has 25 heavy (non-hydrogen) atoms. The molecule has 0 spiro atoms. The zero-order chi connectivity index (χ0) is 17.5. The van der Waals surface area contributed by atoms with Gasteiger partial charge in [-0.15, -0.1) is 11.8 Å². The third-order valence-electron chi connectivity index (χ3n) is 4.51. The molecular formula is C21H26N2OS. The van der Waals surface area contributed by atoms with Gasteiger partial charge in [-0.1, -0.05) is 37.6 Å². The van der Waals surface area contributed by atoms with Crippen molar-refractivity contribution in [3.05, 3.63) is 59.7 Å². The Labute approximate surface area is 154 Å². The molecule has 132 valence electrons. The van der Waals surface area contributed by atoms with Crippen molar-refractivity contribution in [2.24, 2.45) is 0 Å². The van der Waals surface area contributed by atoms with Crippen LogP contribution in [0.3, 0.4) is 0 Å². The van der Waals surface area contributed by atoms with Crippen LogP contribution < -0.4 is 5.32 Å². The summed E-state index contributed by atoms with van der Waals surface area (Å²) >= 11 is 1.74. The number of carbonyl (C=O) groups is 1. The van der Waals surface area contributed by atoms with Crippen molar-refractivity contribution >= 4 is 23.4 Å². The molecule has 3 nitrogen and oxygen atoms in total. The summed E-state index contributed by atoms with van der Waals surface area (Å²) in [5.74, 6) is 0.937. The van der Waals surface area contributed by atoms with Crippen LogP contribution in [-0.2, 0) is 6.54 Å². The van der Waals surface area contributed by atoms with Crippen molar-refractivity contribution in [3.63, 3.8) is 0 Å². The standard InChI is InChI=1S/C21H26N2OS/c1-2-25-20-9-5-4-8-19(20)22-21(24)18-12-10-17(11-13-18)16-23-14-6-3-7-15-23/h4-5,8-13H,2-3,6-7,14-16H2,1H3,(H,22,24). The number of carbonyl (C=O) groups excluding carboxylic acids is 1. The number of rotatable bonds is 6. The van der Waals surface area contributed by atoms with Gasteiger partial charge in [-0.2, -0.15) is 0 Å². The number of nitrogens with one attached hydrogen (secondary N) is 1. The summed E-state index contributed by atoms with van der Waals surface area (Å²) in [4.78, 5) is 16.1. The largest absolute Gasteiger partial charge is 0.321 e. The van der Waals surface area contributed by atoms with Crippen molar-refractivity contribution in [3.8, 4) is 0 Å². The highest BCUT2D eigenvalue weighted by Crippen LogP contribution is 2.27. The molecule has 0 atom stereocenters. The van der Waals surface area contributed by atoms with E-state index in [1.165, 1.54) is 37.9 Å². The molecule has 1 saturated heterocycles. The Morgan fingerprint density at radius 1 is 1.04 bits per heavy atom. The Hall–Kier alpha value is -1.78. The highest BCUT2D eigenvalue weighted by molar-refractivity contribution is 7.99. The van der Waals surface area contributed by atoms with Crippen LogP contribution in [0.15, 0.2) is 53.4 Å². The molecule has 3 rings (SSSR count). The minimum absolute atomic E-state index is 0.0475. The maximum absolute atomic E-state index is 12.5. The van der Waals surface area contributed by atoms with Crippen LogP contribution in [0.2, 0.25) is 0 Å². The summed E-state index contributed by atoms with van der Waals surface area (Å²) in [6.45, 7) is 5.48. The Morgan fingerprint density at radius 2 is 1.76 bits per heavy atom. The van der Waals surface area contributed by atoms with E-state index >= 15 is 0 Å². The van der Waals surface area contributed by atoms with E-state index in [9.17, 15) is 4.79 Å². The van der Waals surface area contributed by atoms with Crippen LogP contribution in [0, 0.1) is 0 Å². The highest BCUT2D eigenvalue weighted by atomic mass is 32.2. The fourth-order valence-corrected chi connectivity index (χ4v) is 3.94. The van der Waals surface area contributed by atoms with Gasteiger partial charge < -0.3 is 5.32 Å². The van der Waals surface area contributed by atoms with Gasteiger partial charge in [-0.05, 0) is 61.5 Å². The zero-order valence-electron chi connectivity index (χ0n) is 14.8. The van der Waals surface area contributed by atoms with E-state index in [1.807, 2.05) is 36.4 Å². The molecule has 0 bridgehead atoms. The fourth-order valence-electron chi connectivity index (χ4n) is 3.18. The molecular weight excluding hydrogens is 328 g/mol. The van der Waals surface area contributed by atoms with Crippen LogP contribution in [0.1, 0.15) is 42.1 Å². The molecule has 4 heteroatoms. The number of piperidine rings is 1. The monoisotopic (exact) mass is 354 g/mol. The Morgan fingerprint density at radius 3 is 2.48 bits per heavy atom. The van der Waals surface area contributed by atoms with E-state index in [1.54, 1.807) is 11.8 Å². The topological polar surface area (TPSA) is 32.3 Å². The molecule has 2 aromatic rings. The SMILES string of the molecule is CCSc1ccccc1NC(=O)c1ccc(CN2CCCCC2)cc1. The molecule has 1 heterocycles. The molecule has 1 amide bonds. The van der Waals surface area contributed by atoms with Crippen LogP contribution in [0.5, 0.6) is 0 Å². The third-order valence-corrected chi connectivity index (χ3v) is 5.46. The van der Waals surface area contributed by atoms with Crippen molar-refractivity contribution in [1.82, 2.24) is 4.90 Å². The number of anilines is 1. The average molecular weight is 355 g/mol. The number of nitrogens with zero attached hydrogens (tertiary/aromatic N) is 1. The van der Waals surface area contributed by atoms with Gasteiger partial charge in [0.2, 0.25) is 0 Å². The first-order chi connectivity index (χ1) is 12.3. The predicted molar refractivity (Wildman–Crippen MR) is 106 cm³/mol. The highest BCUT2D eigenvalue weighted by Gasteiger charge is 2.12. The van der Waals surface area contributed by atoms with E-state index in [-0.39, 0.29) is 5.91 Å². The van der Waals surface area contributed by atoms with Gasteiger partial charge in [-0.3, -0.25) is 9.69 Å². The number of para-hydroxylation sites is 1. The van der Waals surface area contributed by atoms with E-state index in [0.29, 0.717) is 5.56 Å².